The molecule has 0 unspecified atom stereocenters. The number of amides is 1. The number of aromatic amines is 1. The molecule has 4 aromatic rings. The summed E-state index contributed by atoms with van der Waals surface area (Å²) in [7, 11) is 1.75. The van der Waals surface area contributed by atoms with Gasteiger partial charge in [0, 0.05) is 73.8 Å². The lowest BCUT2D eigenvalue weighted by Crippen LogP contribution is -2.40. The summed E-state index contributed by atoms with van der Waals surface area (Å²) in [6, 6.07) is 11.5. The molecule has 9 heteroatoms. The average molecular weight is 447 g/mol. The first kappa shape index (κ1) is 21.2. The van der Waals surface area contributed by atoms with Crippen molar-refractivity contribution in [2.24, 2.45) is 0 Å². The van der Waals surface area contributed by atoms with Crippen molar-refractivity contribution in [1.82, 2.24) is 25.0 Å². The average Bonchev–Trinajstić information content (AvgIpc) is 3.61. The van der Waals surface area contributed by atoms with Gasteiger partial charge < -0.3 is 19.2 Å². The van der Waals surface area contributed by atoms with Crippen molar-refractivity contribution in [3.8, 4) is 22.9 Å². The molecule has 2 N–H and O–H groups in total. The van der Waals surface area contributed by atoms with Gasteiger partial charge in [-0.1, -0.05) is 0 Å². The normalized spacial score (nSPS) is 16.4. The molecule has 170 valence electrons. The second-order valence-electron chi connectivity index (χ2n) is 8.22. The summed E-state index contributed by atoms with van der Waals surface area (Å²) < 4.78 is 11.7. The quantitative estimate of drug-likeness (QED) is 0.448. The van der Waals surface area contributed by atoms with Crippen molar-refractivity contribution in [1.29, 1.82) is 0 Å². The van der Waals surface area contributed by atoms with Gasteiger partial charge in [0.2, 0.25) is 11.8 Å². The van der Waals surface area contributed by atoms with Crippen molar-refractivity contribution in [3.63, 3.8) is 0 Å². The summed E-state index contributed by atoms with van der Waals surface area (Å²) in [4.78, 5) is 20.1. The number of fused-ring (bicyclic) bond motifs is 1. The number of aliphatic hydroxyl groups excluding tert-OH is 1. The molecule has 1 aliphatic rings. The smallest absolute Gasteiger partial charge is 0.248 e. The second kappa shape index (κ2) is 9.05. The number of nitrogens with zero attached hydrogens (tertiary/aromatic N) is 4. The number of furan rings is 1. The monoisotopic (exact) mass is 447 g/mol. The molecule has 1 amide bonds. The third-order valence-corrected chi connectivity index (χ3v) is 6.12. The molecule has 1 aliphatic heterocycles. The zero-order valence-corrected chi connectivity index (χ0v) is 18.3. The Hall–Kier alpha value is -3.69. The van der Waals surface area contributed by atoms with Crippen molar-refractivity contribution < 1.29 is 19.1 Å². The van der Waals surface area contributed by atoms with E-state index in [0.717, 1.165) is 53.8 Å². The highest BCUT2D eigenvalue weighted by molar-refractivity contribution is 5.82. The Morgan fingerprint density at radius 1 is 1.33 bits per heavy atom. The van der Waals surface area contributed by atoms with Crippen LogP contribution in [0.15, 0.2) is 59.5 Å². The van der Waals surface area contributed by atoms with Crippen LogP contribution in [0, 0.1) is 0 Å². The summed E-state index contributed by atoms with van der Waals surface area (Å²) >= 11 is 0. The number of likely N-dealkylation sites (N-methyl/N-ethyl adjacent to an activating group) is 1. The zero-order chi connectivity index (χ0) is 22.8. The zero-order valence-electron chi connectivity index (χ0n) is 18.3. The number of carbonyl (C=O) groups excluding carboxylic acids is 1. The SMILES string of the molecule is CN(C(=O)CO)[C@H]1CCN(Cc2coc3cc(Oc4ccc(-c5ccn[nH]5)cn4)ccc23)C1. The first-order valence-corrected chi connectivity index (χ1v) is 10.8. The first-order chi connectivity index (χ1) is 16.1. The Labute approximate surface area is 190 Å². The Morgan fingerprint density at radius 2 is 2.24 bits per heavy atom. The third kappa shape index (κ3) is 4.46. The second-order valence-corrected chi connectivity index (χ2v) is 8.22. The summed E-state index contributed by atoms with van der Waals surface area (Å²) in [5.41, 5.74) is 3.67. The summed E-state index contributed by atoms with van der Waals surface area (Å²) in [6.45, 7) is 1.95. The highest BCUT2D eigenvalue weighted by Gasteiger charge is 2.28. The van der Waals surface area contributed by atoms with Gasteiger partial charge in [-0.25, -0.2) is 4.98 Å². The van der Waals surface area contributed by atoms with E-state index < -0.39 is 6.61 Å². The number of aromatic nitrogens is 3. The first-order valence-electron chi connectivity index (χ1n) is 10.8. The molecule has 3 aromatic heterocycles. The van der Waals surface area contributed by atoms with Gasteiger partial charge in [-0.05, 0) is 30.7 Å². The van der Waals surface area contributed by atoms with Crippen LogP contribution < -0.4 is 4.74 Å². The van der Waals surface area contributed by atoms with E-state index in [1.807, 2.05) is 36.4 Å². The minimum absolute atomic E-state index is 0.120. The van der Waals surface area contributed by atoms with E-state index in [0.29, 0.717) is 11.6 Å². The summed E-state index contributed by atoms with van der Waals surface area (Å²) in [5.74, 6) is 0.901. The van der Waals surface area contributed by atoms with Crippen LogP contribution in [0.5, 0.6) is 11.6 Å². The van der Waals surface area contributed by atoms with Gasteiger partial charge in [0.25, 0.3) is 0 Å². The molecule has 0 spiro atoms. The molecule has 1 saturated heterocycles. The largest absolute Gasteiger partial charge is 0.464 e. The summed E-state index contributed by atoms with van der Waals surface area (Å²) in [5, 5.41) is 17.0. The predicted molar refractivity (Wildman–Crippen MR) is 122 cm³/mol. The van der Waals surface area contributed by atoms with E-state index >= 15 is 0 Å². The fourth-order valence-corrected chi connectivity index (χ4v) is 4.21. The number of hydrogen-bond donors (Lipinski definition) is 2. The van der Waals surface area contributed by atoms with E-state index in [2.05, 4.69) is 20.1 Å². The van der Waals surface area contributed by atoms with Gasteiger partial charge in [-0.2, -0.15) is 5.10 Å². The molecule has 0 saturated carbocycles. The van der Waals surface area contributed by atoms with E-state index in [4.69, 9.17) is 14.3 Å². The number of H-pyrrole nitrogens is 1. The molecular formula is C24H25N5O4. The Morgan fingerprint density at radius 3 is 3.00 bits per heavy atom. The van der Waals surface area contributed by atoms with Crippen LogP contribution >= 0.6 is 0 Å². The maximum Gasteiger partial charge on any atom is 0.248 e. The topological polar surface area (TPSA) is 108 Å². The molecule has 1 aromatic carbocycles. The molecule has 4 heterocycles. The van der Waals surface area contributed by atoms with Gasteiger partial charge in [-0.3, -0.25) is 14.8 Å². The van der Waals surface area contributed by atoms with Crippen molar-refractivity contribution in [2.75, 3.05) is 26.7 Å². The van der Waals surface area contributed by atoms with Crippen LogP contribution in [0.25, 0.3) is 22.2 Å². The number of rotatable bonds is 7. The van der Waals surface area contributed by atoms with E-state index in [-0.39, 0.29) is 11.9 Å². The lowest BCUT2D eigenvalue weighted by Gasteiger charge is -2.24. The van der Waals surface area contributed by atoms with Gasteiger partial charge in [-0.15, -0.1) is 0 Å². The molecule has 1 fully saturated rings. The number of carbonyl (C=O) groups is 1. The number of ether oxygens (including phenoxy) is 1. The fourth-order valence-electron chi connectivity index (χ4n) is 4.21. The van der Waals surface area contributed by atoms with Crippen molar-refractivity contribution in [2.45, 2.75) is 19.0 Å². The number of nitrogens with one attached hydrogen (secondary N) is 1. The lowest BCUT2D eigenvalue weighted by atomic mass is 10.1. The Bertz CT molecular complexity index is 1240. The highest BCUT2D eigenvalue weighted by Crippen LogP contribution is 2.30. The lowest BCUT2D eigenvalue weighted by molar-refractivity contribution is -0.134. The fraction of sp³-hybridized carbons (Fsp3) is 0.292. The van der Waals surface area contributed by atoms with Gasteiger partial charge in [0.1, 0.15) is 17.9 Å². The van der Waals surface area contributed by atoms with Crippen molar-refractivity contribution >= 4 is 16.9 Å². The van der Waals surface area contributed by atoms with Crippen LogP contribution in [-0.4, -0.2) is 68.8 Å². The van der Waals surface area contributed by atoms with Crippen LogP contribution in [0.2, 0.25) is 0 Å². The minimum atomic E-state index is -0.451. The number of hydrogen-bond acceptors (Lipinski definition) is 7. The molecule has 0 bridgehead atoms. The van der Waals surface area contributed by atoms with Crippen molar-refractivity contribution in [3.05, 3.63) is 60.6 Å². The van der Waals surface area contributed by atoms with E-state index in [1.54, 1.807) is 30.6 Å². The number of likely N-dealkylation sites (tertiary alicyclic amines) is 1. The molecule has 0 radical (unpaired) electrons. The molecule has 9 nitrogen and oxygen atoms in total. The maximum absolute atomic E-state index is 11.8. The Kier molecular flexibility index (Phi) is 5.80. The highest BCUT2D eigenvalue weighted by atomic mass is 16.5. The number of pyridine rings is 1. The molecular weight excluding hydrogens is 422 g/mol. The van der Waals surface area contributed by atoms with Crippen LogP contribution in [0.1, 0.15) is 12.0 Å². The van der Waals surface area contributed by atoms with E-state index in [1.165, 1.54) is 0 Å². The van der Waals surface area contributed by atoms with E-state index in [9.17, 15) is 4.79 Å². The predicted octanol–water partition coefficient (Wildman–Crippen LogP) is 3.04. The van der Waals surface area contributed by atoms with Gasteiger partial charge in [0.15, 0.2) is 0 Å². The number of benzene rings is 1. The minimum Gasteiger partial charge on any atom is -0.464 e. The Balaban J connectivity index is 1.24. The van der Waals surface area contributed by atoms with Gasteiger partial charge in [0.05, 0.1) is 12.0 Å². The van der Waals surface area contributed by atoms with Crippen LogP contribution in [0.4, 0.5) is 0 Å². The molecule has 0 aliphatic carbocycles. The number of aliphatic hydroxyl groups is 1. The third-order valence-electron chi connectivity index (χ3n) is 6.12. The standard InChI is InChI=1S/C24H25N5O4/c1-28(24(31)14-30)18-7-9-29(13-18)12-17-15-32-22-10-19(3-4-20(17)22)33-23-5-2-16(11-25-23)21-6-8-26-27-21/h2-6,8,10-11,15,18,30H,7,9,12-14H2,1H3,(H,26,27)/t18-/m0/s1. The summed E-state index contributed by atoms with van der Waals surface area (Å²) in [6.07, 6.45) is 6.11. The molecule has 5 rings (SSSR count). The maximum atomic E-state index is 11.8. The molecule has 1 atom stereocenters. The van der Waals surface area contributed by atoms with Crippen LogP contribution in [-0.2, 0) is 11.3 Å². The molecule has 33 heavy (non-hydrogen) atoms. The van der Waals surface area contributed by atoms with Crippen LogP contribution in [0.3, 0.4) is 0 Å². The van der Waals surface area contributed by atoms with Gasteiger partial charge >= 0.3 is 0 Å².